The molecule has 0 aliphatic rings. The van der Waals surface area contributed by atoms with Gasteiger partial charge in [0.05, 0.1) is 0 Å². The van der Waals surface area contributed by atoms with Crippen molar-refractivity contribution in [2.24, 2.45) is 0 Å². The minimum Gasteiger partial charge on any atom is -0.298 e. The van der Waals surface area contributed by atoms with E-state index in [4.69, 9.17) is 4.89 Å². The van der Waals surface area contributed by atoms with Gasteiger partial charge in [0.2, 0.25) is 0 Å². The summed E-state index contributed by atoms with van der Waals surface area (Å²) in [6.45, 7) is 1.83. The van der Waals surface area contributed by atoms with Crippen molar-refractivity contribution in [3.8, 4) is 0 Å². The molecule has 0 aliphatic carbocycles. The number of hydrogen-bond donors (Lipinski definition) is 2. The number of halogens is 1. The van der Waals surface area contributed by atoms with Gasteiger partial charge in [-0.1, -0.05) is 17.7 Å². The molecule has 15 heavy (non-hydrogen) atoms. The van der Waals surface area contributed by atoms with Crippen LogP contribution >= 0.6 is 7.91 Å². The van der Waals surface area contributed by atoms with Crippen LogP contribution in [-0.2, 0) is 9.19 Å². The zero-order valence-electron chi connectivity index (χ0n) is 7.81. The molecule has 82 valence electrons. The van der Waals surface area contributed by atoms with Crippen LogP contribution in [0.2, 0.25) is 0 Å². The van der Waals surface area contributed by atoms with Crippen molar-refractivity contribution in [1.29, 1.82) is 0 Å². The molecule has 0 bridgehead atoms. The van der Waals surface area contributed by atoms with E-state index in [0.717, 1.165) is 5.56 Å². The number of carbonyl (C=O) groups is 1. The summed E-state index contributed by atoms with van der Waals surface area (Å²) in [7, 11) is -5.18. The topological polar surface area (TPSA) is 75.6 Å². The summed E-state index contributed by atoms with van der Waals surface area (Å²) in [6.07, 6.45) is 0. The Morgan fingerprint density at radius 3 is 2.47 bits per heavy atom. The van der Waals surface area contributed by atoms with Gasteiger partial charge < -0.3 is 0 Å². The summed E-state index contributed by atoms with van der Waals surface area (Å²) in [5.74, 6) is -0.790. The lowest BCUT2D eigenvalue weighted by Gasteiger charge is -2.04. The smallest absolute Gasteiger partial charge is 0.298 e. The van der Waals surface area contributed by atoms with Gasteiger partial charge in [-0.15, -0.1) is 4.20 Å². The minimum atomic E-state index is -5.18. The van der Waals surface area contributed by atoms with Crippen molar-refractivity contribution in [3.05, 3.63) is 35.4 Å². The Hall–Kier alpha value is -1.23. The number of hydroxylamine groups is 1. The molecule has 2 N–H and O–H groups in total. The lowest BCUT2D eigenvalue weighted by atomic mass is 10.1. The lowest BCUT2D eigenvalue weighted by Crippen LogP contribution is -2.21. The Morgan fingerprint density at radius 1 is 1.47 bits per heavy atom. The number of amides is 1. The summed E-state index contributed by atoms with van der Waals surface area (Å²) in [4.78, 5) is 19.3. The largest absolute Gasteiger partial charge is 0.532 e. The van der Waals surface area contributed by atoms with Crippen LogP contribution in [-0.4, -0.2) is 10.8 Å². The molecule has 1 atom stereocenters. The van der Waals surface area contributed by atoms with Gasteiger partial charge in [-0.25, -0.2) is 10.0 Å². The van der Waals surface area contributed by atoms with Crippen LogP contribution in [0.5, 0.6) is 0 Å². The monoisotopic (exact) mass is 233 g/mol. The molecule has 0 aromatic heterocycles. The average molecular weight is 233 g/mol. The highest BCUT2D eigenvalue weighted by molar-refractivity contribution is 7.46. The number of benzene rings is 1. The van der Waals surface area contributed by atoms with Crippen LogP contribution in [0.25, 0.3) is 0 Å². The first-order valence-corrected chi connectivity index (χ1v) is 5.43. The number of nitrogens with one attached hydrogen (secondary N) is 1. The summed E-state index contributed by atoms with van der Waals surface area (Å²) >= 11 is 0. The predicted molar refractivity (Wildman–Crippen MR) is 50.7 cm³/mol. The Morgan fingerprint density at radius 2 is 2.00 bits per heavy atom. The van der Waals surface area contributed by atoms with E-state index in [9.17, 15) is 13.6 Å². The first-order chi connectivity index (χ1) is 6.88. The van der Waals surface area contributed by atoms with Crippen molar-refractivity contribution >= 4 is 13.8 Å². The zero-order valence-corrected chi connectivity index (χ0v) is 8.70. The van der Waals surface area contributed by atoms with E-state index in [0.29, 0.717) is 0 Å². The Bertz CT molecular complexity index is 400. The second kappa shape index (κ2) is 4.53. The van der Waals surface area contributed by atoms with Crippen LogP contribution in [0.3, 0.4) is 0 Å². The molecule has 0 saturated carbocycles. The number of carbonyl (C=O) groups excluding carboxylic acids is 1. The van der Waals surface area contributed by atoms with Crippen LogP contribution in [0.15, 0.2) is 24.3 Å². The standard InChI is InChI=1S/C8H9FNO4P/c1-6-2-4-7(5-3-6)8(11)10-14-15(9,12)13/h2-5H,1H3,(H,10,11)(H,12,13). The third-order valence-electron chi connectivity index (χ3n) is 1.56. The van der Waals surface area contributed by atoms with E-state index in [1.807, 2.05) is 6.92 Å². The van der Waals surface area contributed by atoms with Gasteiger partial charge in [0, 0.05) is 5.56 Å². The molecule has 0 saturated heterocycles. The van der Waals surface area contributed by atoms with Crippen molar-refractivity contribution in [2.75, 3.05) is 0 Å². The molecule has 7 heteroatoms. The Kier molecular flexibility index (Phi) is 3.57. The van der Waals surface area contributed by atoms with E-state index in [-0.39, 0.29) is 5.56 Å². The Balaban J connectivity index is 2.62. The molecule has 0 radical (unpaired) electrons. The van der Waals surface area contributed by atoms with Gasteiger partial charge in [-0.2, -0.15) is 4.62 Å². The van der Waals surface area contributed by atoms with Gasteiger partial charge in [-0.05, 0) is 19.1 Å². The Labute approximate surface area is 85.5 Å². The predicted octanol–water partition coefficient (Wildman–Crippen LogP) is 1.73. The first-order valence-electron chi connectivity index (χ1n) is 3.96. The van der Waals surface area contributed by atoms with Crippen LogP contribution < -0.4 is 5.48 Å². The van der Waals surface area contributed by atoms with Crippen molar-refractivity contribution in [2.45, 2.75) is 6.92 Å². The highest BCUT2D eigenvalue weighted by Crippen LogP contribution is 2.41. The SMILES string of the molecule is Cc1ccc(C(=O)NOP(=O)(O)F)cc1. The van der Waals surface area contributed by atoms with E-state index >= 15 is 0 Å². The van der Waals surface area contributed by atoms with Gasteiger partial charge in [-0.3, -0.25) is 9.69 Å². The quantitative estimate of drug-likeness (QED) is 0.615. The average Bonchev–Trinajstić information content (AvgIpc) is 2.14. The van der Waals surface area contributed by atoms with Gasteiger partial charge in [0.25, 0.3) is 5.91 Å². The van der Waals surface area contributed by atoms with Gasteiger partial charge in [0.15, 0.2) is 0 Å². The van der Waals surface area contributed by atoms with Gasteiger partial charge in [0.1, 0.15) is 0 Å². The molecule has 1 rings (SSSR count). The zero-order chi connectivity index (χ0) is 11.5. The van der Waals surface area contributed by atoms with Crippen LogP contribution in [0.1, 0.15) is 15.9 Å². The summed E-state index contributed by atoms with van der Waals surface area (Å²) in [5, 5.41) is 0. The van der Waals surface area contributed by atoms with Crippen LogP contribution in [0, 0.1) is 6.92 Å². The fraction of sp³-hybridized carbons (Fsp3) is 0.125. The third kappa shape index (κ3) is 4.20. The van der Waals surface area contributed by atoms with E-state index < -0.39 is 13.8 Å². The molecule has 0 fully saturated rings. The molecular weight excluding hydrogens is 224 g/mol. The second-order valence-electron chi connectivity index (χ2n) is 2.84. The fourth-order valence-electron chi connectivity index (χ4n) is 0.862. The summed E-state index contributed by atoms with van der Waals surface area (Å²) < 4.78 is 25.7. The fourth-order valence-corrected chi connectivity index (χ4v) is 1.06. The third-order valence-corrected chi connectivity index (χ3v) is 1.88. The molecule has 0 aliphatic heterocycles. The normalized spacial score (nSPS) is 14.3. The number of hydrogen-bond acceptors (Lipinski definition) is 3. The molecule has 0 spiro atoms. The first kappa shape index (κ1) is 11.8. The molecule has 1 amide bonds. The maximum atomic E-state index is 12.0. The maximum Gasteiger partial charge on any atom is 0.532 e. The lowest BCUT2D eigenvalue weighted by molar-refractivity contribution is 0.0699. The van der Waals surface area contributed by atoms with Crippen molar-refractivity contribution in [3.63, 3.8) is 0 Å². The molecule has 1 aromatic rings. The molecular formula is C8H9FNO4P. The highest BCUT2D eigenvalue weighted by atomic mass is 31.2. The van der Waals surface area contributed by atoms with Gasteiger partial charge >= 0.3 is 7.91 Å². The van der Waals surface area contributed by atoms with Crippen LogP contribution in [0.4, 0.5) is 4.20 Å². The minimum absolute atomic E-state index is 0.203. The maximum absolute atomic E-state index is 12.0. The summed E-state index contributed by atoms with van der Waals surface area (Å²) in [6, 6.07) is 6.30. The molecule has 5 nitrogen and oxygen atoms in total. The molecule has 1 aromatic carbocycles. The van der Waals surface area contributed by atoms with E-state index in [1.54, 1.807) is 12.1 Å². The van der Waals surface area contributed by atoms with E-state index in [1.165, 1.54) is 17.6 Å². The molecule has 1 unspecified atom stereocenters. The van der Waals surface area contributed by atoms with E-state index in [2.05, 4.69) is 4.62 Å². The van der Waals surface area contributed by atoms with Crippen molar-refractivity contribution < 1.29 is 23.1 Å². The highest BCUT2D eigenvalue weighted by Gasteiger charge is 2.19. The molecule has 0 heterocycles. The second-order valence-corrected chi connectivity index (χ2v) is 3.93. The number of rotatable bonds is 3. The van der Waals surface area contributed by atoms with Crippen molar-refractivity contribution in [1.82, 2.24) is 5.48 Å². The number of aryl methyl sites for hydroxylation is 1. The summed E-state index contributed by atoms with van der Waals surface area (Å²) in [5.41, 5.74) is 2.68.